The molecular formula is C16H14ClF3N2O4S. The number of hydrogen-bond acceptors (Lipinski definition) is 4. The minimum absolute atomic E-state index is 0.267. The molecule has 0 fully saturated rings. The third kappa shape index (κ3) is 4.71. The summed E-state index contributed by atoms with van der Waals surface area (Å²) in [6, 6.07) is 11.0. The van der Waals surface area contributed by atoms with Crippen LogP contribution in [-0.2, 0) is 14.8 Å². The van der Waals surface area contributed by atoms with Crippen molar-refractivity contribution >= 4 is 38.9 Å². The largest absolute Gasteiger partial charge is 0.426 e. The van der Waals surface area contributed by atoms with Gasteiger partial charge in [0.1, 0.15) is 0 Å². The van der Waals surface area contributed by atoms with Crippen molar-refractivity contribution in [1.82, 2.24) is 0 Å². The molecule has 0 saturated heterocycles. The summed E-state index contributed by atoms with van der Waals surface area (Å²) in [7, 11) is -4.01. The molecule has 3 N–H and O–H groups in total. The number of alkyl halides is 3. The third-order valence-electron chi connectivity index (χ3n) is 3.52. The zero-order chi connectivity index (χ0) is 20.5. The Labute approximate surface area is 158 Å². The lowest BCUT2D eigenvalue weighted by molar-refractivity contribution is -0.242. The average molecular weight is 423 g/mol. The fraction of sp³-hybridized carbons (Fsp3) is 0.188. The molecule has 6 nitrogen and oxygen atoms in total. The second-order valence-corrected chi connectivity index (χ2v) is 7.73. The molecular weight excluding hydrogens is 409 g/mol. The lowest BCUT2D eigenvalue weighted by atomic mass is 10.1. The van der Waals surface area contributed by atoms with Crippen molar-refractivity contribution in [3.05, 3.63) is 53.6 Å². The van der Waals surface area contributed by atoms with Crippen LogP contribution in [0.1, 0.15) is 6.92 Å². The highest BCUT2D eigenvalue weighted by Crippen LogP contribution is 2.32. The molecule has 1 atom stereocenters. The molecule has 0 aliphatic heterocycles. The van der Waals surface area contributed by atoms with E-state index >= 15 is 0 Å². The van der Waals surface area contributed by atoms with Crippen LogP contribution in [-0.4, -0.2) is 31.2 Å². The fourth-order valence-electron chi connectivity index (χ4n) is 1.86. The van der Waals surface area contributed by atoms with Gasteiger partial charge < -0.3 is 10.4 Å². The molecule has 146 valence electrons. The number of carbonyl (C=O) groups excluding carboxylic acids is 1. The van der Waals surface area contributed by atoms with E-state index in [1.807, 2.05) is 5.32 Å². The molecule has 2 aromatic rings. The van der Waals surface area contributed by atoms with Gasteiger partial charge in [0.25, 0.3) is 15.9 Å². The quantitative estimate of drug-likeness (QED) is 0.688. The number of aliphatic hydroxyl groups is 1. The summed E-state index contributed by atoms with van der Waals surface area (Å²) in [4.78, 5) is 11.4. The molecule has 0 saturated carbocycles. The van der Waals surface area contributed by atoms with Gasteiger partial charge in [-0.15, -0.1) is 0 Å². The van der Waals surface area contributed by atoms with E-state index in [2.05, 4.69) is 4.72 Å². The van der Waals surface area contributed by atoms with Crippen molar-refractivity contribution in [2.45, 2.75) is 23.6 Å². The molecule has 1 amide bonds. The Morgan fingerprint density at radius 3 is 2.22 bits per heavy atom. The molecule has 0 unspecified atom stereocenters. The van der Waals surface area contributed by atoms with Gasteiger partial charge in [-0.2, -0.15) is 13.2 Å². The number of rotatable bonds is 5. The number of para-hydroxylation sites is 1. The Hall–Kier alpha value is -2.30. The first-order chi connectivity index (χ1) is 12.3. The Kier molecular flexibility index (Phi) is 5.74. The van der Waals surface area contributed by atoms with Crippen molar-refractivity contribution in [2.24, 2.45) is 0 Å². The second kappa shape index (κ2) is 7.37. The van der Waals surface area contributed by atoms with Crippen LogP contribution < -0.4 is 10.0 Å². The van der Waals surface area contributed by atoms with Crippen LogP contribution in [0.3, 0.4) is 0 Å². The maximum absolute atomic E-state index is 12.7. The second-order valence-electron chi connectivity index (χ2n) is 5.64. The van der Waals surface area contributed by atoms with Crippen LogP contribution in [0.4, 0.5) is 24.5 Å². The molecule has 2 rings (SSSR count). The van der Waals surface area contributed by atoms with E-state index in [1.54, 1.807) is 18.2 Å². The van der Waals surface area contributed by atoms with E-state index in [4.69, 9.17) is 11.6 Å². The van der Waals surface area contributed by atoms with Crippen LogP contribution in [0.2, 0.25) is 5.02 Å². The summed E-state index contributed by atoms with van der Waals surface area (Å²) in [5.74, 6) is -1.75. The number of anilines is 2. The Balaban J connectivity index is 2.24. The van der Waals surface area contributed by atoms with Crippen LogP contribution in [0.15, 0.2) is 53.4 Å². The van der Waals surface area contributed by atoms with Gasteiger partial charge in [-0.1, -0.05) is 29.8 Å². The van der Waals surface area contributed by atoms with Crippen LogP contribution >= 0.6 is 11.6 Å². The van der Waals surface area contributed by atoms with Gasteiger partial charge in [-0.3, -0.25) is 9.52 Å². The highest BCUT2D eigenvalue weighted by molar-refractivity contribution is 7.92. The number of carbonyl (C=O) groups is 1. The lowest BCUT2D eigenvalue weighted by Crippen LogP contribution is -2.52. The van der Waals surface area contributed by atoms with Gasteiger partial charge in [0, 0.05) is 5.69 Å². The average Bonchev–Trinajstić information content (AvgIpc) is 2.56. The van der Waals surface area contributed by atoms with Crippen LogP contribution in [0.5, 0.6) is 0 Å². The van der Waals surface area contributed by atoms with Crippen molar-refractivity contribution in [1.29, 1.82) is 0 Å². The topological polar surface area (TPSA) is 95.5 Å². The van der Waals surface area contributed by atoms with E-state index in [9.17, 15) is 31.5 Å². The predicted octanol–water partition coefficient (Wildman–Crippen LogP) is 3.39. The first-order valence-electron chi connectivity index (χ1n) is 7.32. The van der Waals surface area contributed by atoms with Gasteiger partial charge >= 0.3 is 6.18 Å². The number of amides is 1. The first-order valence-corrected chi connectivity index (χ1v) is 9.19. The number of sulfonamides is 1. The Morgan fingerprint density at radius 1 is 1.11 bits per heavy atom. The smallest absolute Gasteiger partial charge is 0.373 e. The van der Waals surface area contributed by atoms with Crippen molar-refractivity contribution in [3.8, 4) is 0 Å². The maximum Gasteiger partial charge on any atom is 0.426 e. The van der Waals surface area contributed by atoms with E-state index in [-0.39, 0.29) is 15.6 Å². The monoisotopic (exact) mass is 422 g/mol. The first kappa shape index (κ1) is 21.0. The molecule has 2 aromatic carbocycles. The fourth-order valence-corrected chi connectivity index (χ4v) is 3.23. The van der Waals surface area contributed by atoms with Gasteiger partial charge in [-0.05, 0) is 37.3 Å². The van der Waals surface area contributed by atoms with Gasteiger partial charge in [0.15, 0.2) is 0 Å². The van der Waals surface area contributed by atoms with Crippen LogP contribution in [0, 0.1) is 0 Å². The minimum Gasteiger partial charge on any atom is -0.373 e. The molecule has 0 aliphatic carbocycles. The third-order valence-corrected chi connectivity index (χ3v) is 5.21. The summed E-state index contributed by atoms with van der Waals surface area (Å²) in [6.45, 7) is 0.291. The predicted molar refractivity (Wildman–Crippen MR) is 94.0 cm³/mol. The van der Waals surface area contributed by atoms with Gasteiger partial charge in [-0.25, -0.2) is 8.42 Å². The molecule has 0 radical (unpaired) electrons. The summed E-state index contributed by atoms with van der Waals surface area (Å²) in [6.07, 6.45) is -5.20. The SMILES string of the molecule is C[C@@](O)(C(=O)Nc1ccc(S(=O)(=O)Nc2ccccc2)cc1Cl)C(F)(F)F. The van der Waals surface area contributed by atoms with E-state index < -0.39 is 27.7 Å². The van der Waals surface area contributed by atoms with Crippen molar-refractivity contribution in [2.75, 3.05) is 10.0 Å². The van der Waals surface area contributed by atoms with Gasteiger partial charge in [0.05, 0.1) is 15.6 Å². The highest BCUT2D eigenvalue weighted by Gasteiger charge is 2.55. The Bertz CT molecular complexity index is 948. The molecule has 0 bridgehead atoms. The zero-order valence-electron chi connectivity index (χ0n) is 13.7. The van der Waals surface area contributed by atoms with E-state index in [0.717, 1.165) is 18.2 Å². The van der Waals surface area contributed by atoms with Gasteiger partial charge in [0.2, 0.25) is 5.60 Å². The summed E-state index contributed by atoms with van der Waals surface area (Å²) < 4.78 is 65.0. The molecule has 27 heavy (non-hydrogen) atoms. The molecule has 0 heterocycles. The Morgan fingerprint density at radius 2 is 1.70 bits per heavy atom. The molecule has 0 spiro atoms. The highest BCUT2D eigenvalue weighted by atomic mass is 35.5. The van der Waals surface area contributed by atoms with Crippen LogP contribution in [0.25, 0.3) is 0 Å². The van der Waals surface area contributed by atoms with Crippen molar-refractivity contribution < 1.29 is 31.5 Å². The standard InChI is InChI=1S/C16H14ClF3N2O4S/c1-15(24,16(18,19)20)14(23)21-13-8-7-11(9-12(13)17)27(25,26)22-10-5-3-2-4-6-10/h2-9,22,24H,1H3,(H,21,23)/t15-/m1/s1. The summed E-state index contributed by atoms with van der Waals surface area (Å²) in [5.41, 5.74) is -3.63. The zero-order valence-corrected chi connectivity index (χ0v) is 15.3. The number of benzene rings is 2. The minimum atomic E-state index is -5.20. The molecule has 0 aromatic heterocycles. The number of halogens is 4. The number of nitrogens with one attached hydrogen (secondary N) is 2. The van der Waals surface area contributed by atoms with Crippen molar-refractivity contribution in [3.63, 3.8) is 0 Å². The maximum atomic E-state index is 12.7. The summed E-state index contributed by atoms with van der Waals surface area (Å²) >= 11 is 5.88. The lowest BCUT2D eigenvalue weighted by Gasteiger charge is -2.25. The normalized spacial score (nSPS) is 14.3. The molecule has 11 heteroatoms. The number of hydrogen-bond donors (Lipinski definition) is 3. The summed E-state index contributed by atoms with van der Waals surface area (Å²) in [5, 5.41) is 10.8. The molecule has 0 aliphatic rings. The van der Waals surface area contributed by atoms with E-state index in [0.29, 0.717) is 12.6 Å². The van der Waals surface area contributed by atoms with E-state index in [1.165, 1.54) is 12.1 Å².